The second-order valence-corrected chi connectivity index (χ2v) is 18.2. The summed E-state index contributed by atoms with van der Waals surface area (Å²) in [5, 5.41) is 2.48. The molecule has 0 aliphatic heterocycles. The first-order chi connectivity index (χ1) is 27.4. The Bertz CT molecular complexity index is 2880. The second kappa shape index (κ2) is 12.7. The molecule has 2 aliphatic rings. The maximum Gasteiger partial charge on any atom is 0.0546 e. The van der Waals surface area contributed by atoms with Gasteiger partial charge in [0.15, 0.2) is 0 Å². The van der Waals surface area contributed by atoms with E-state index in [4.69, 9.17) is 0 Å². The molecule has 57 heavy (non-hydrogen) atoms. The zero-order valence-electron chi connectivity index (χ0n) is 34.1. The van der Waals surface area contributed by atoms with Crippen molar-refractivity contribution in [1.29, 1.82) is 0 Å². The van der Waals surface area contributed by atoms with Gasteiger partial charge in [0.1, 0.15) is 0 Å². The molecule has 1 heteroatoms. The van der Waals surface area contributed by atoms with E-state index in [1.807, 2.05) is 0 Å². The largest absolute Gasteiger partial charge is 0.309 e. The molecule has 0 heterocycles. The Morgan fingerprint density at radius 2 is 1.00 bits per heavy atom. The first-order valence-corrected chi connectivity index (χ1v) is 20.4. The van der Waals surface area contributed by atoms with Crippen molar-refractivity contribution < 1.29 is 0 Å². The normalized spacial score (nSPS) is 14.5. The summed E-state index contributed by atoms with van der Waals surface area (Å²) in [7, 11) is 0. The summed E-state index contributed by atoms with van der Waals surface area (Å²) in [6.45, 7) is 16.4. The molecule has 0 amide bonds. The Morgan fingerprint density at radius 3 is 1.74 bits per heavy atom. The summed E-state index contributed by atoms with van der Waals surface area (Å²) in [4.78, 5) is 2.55. The van der Waals surface area contributed by atoms with Crippen molar-refractivity contribution in [3.63, 3.8) is 0 Å². The van der Waals surface area contributed by atoms with Gasteiger partial charge in [-0.05, 0) is 114 Å². The molecular formula is C56H49N. The molecule has 0 saturated carbocycles. The van der Waals surface area contributed by atoms with Crippen LogP contribution >= 0.6 is 0 Å². The lowest BCUT2D eigenvalue weighted by atomic mass is 9.81. The average molecular weight is 736 g/mol. The predicted octanol–water partition coefficient (Wildman–Crippen LogP) is 15.6. The molecule has 0 spiro atoms. The van der Waals surface area contributed by atoms with Crippen molar-refractivity contribution in [2.45, 2.75) is 64.7 Å². The maximum absolute atomic E-state index is 2.55. The third kappa shape index (κ3) is 5.43. The number of rotatable bonds is 5. The maximum atomic E-state index is 2.55. The molecule has 0 aromatic heterocycles. The summed E-state index contributed by atoms with van der Waals surface area (Å²) in [6.07, 6.45) is 0. The van der Waals surface area contributed by atoms with Gasteiger partial charge in [0.05, 0.1) is 11.4 Å². The van der Waals surface area contributed by atoms with Crippen LogP contribution in [0, 0.1) is 0 Å². The van der Waals surface area contributed by atoms with Crippen LogP contribution in [-0.4, -0.2) is 0 Å². The van der Waals surface area contributed by atoms with Gasteiger partial charge < -0.3 is 4.90 Å². The summed E-state index contributed by atoms with van der Waals surface area (Å²) in [5.41, 5.74) is 20.3. The lowest BCUT2D eigenvalue weighted by molar-refractivity contribution is 0.590. The molecule has 278 valence electrons. The third-order valence-electron chi connectivity index (χ3n) is 13.0. The molecule has 0 bridgehead atoms. The van der Waals surface area contributed by atoms with E-state index in [0.29, 0.717) is 0 Å². The van der Waals surface area contributed by atoms with Crippen molar-refractivity contribution in [3.8, 4) is 44.5 Å². The summed E-state index contributed by atoms with van der Waals surface area (Å²) in [6, 6.07) is 64.0. The number of anilines is 3. The zero-order chi connectivity index (χ0) is 39.3. The van der Waals surface area contributed by atoms with Gasteiger partial charge in [-0.3, -0.25) is 0 Å². The van der Waals surface area contributed by atoms with Gasteiger partial charge in [0, 0.05) is 27.6 Å². The molecule has 8 aromatic carbocycles. The summed E-state index contributed by atoms with van der Waals surface area (Å²) < 4.78 is 0. The van der Waals surface area contributed by atoms with E-state index in [0.717, 1.165) is 17.1 Å². The molecule has 0 saturated heterocycles. The molecule has 0 radical (unpaired) electrons. The highest BCUT2D eigenvalue weighted by Gasteiger charge is 2.37. The van der Waals surface area contributed by atoms with Gasteiger partial charge in [-0.2, -0.15) is 0 Å². The SMILES string of the molecule is CC(C)(C)c1ccc(N(c2ccc3c(c2)-c2ccccc2C3(C)C)c2ccc3ccccc3c2-c2ccc3c(c2)C(C)(C)c2ccccc2-3)c(-c2ccccc2)c1. The Kier molecular flexibility index (Phi) is 7.83. The Labute approximate surface area is 338 Å². The van der Waals surface area contributed by atoms with E-state index in [1.54, 1.807) is 0 Å². The van der Waals surface area contributed by atoms with E-state index in [-0.39, 0.29) is 16.2 Å². The first-order valence-electron chi connectivity index (χ1n) is 20.4. The monoisotopic (exact) mass is 735 g/mol. The Morgan fingerprint density at radius 1 is 0.404 bits per heavy atom. The van der Waals surface area contributed by atoms with E-state index in [2.05, 4.69) is 223 Å². The minimum Gasteiger partial charge on any atom is -0.309 e. The third-order valence-corrected chi connectivity index (χ3v) is 13.0. The van der Waals surface area contributed by atoms with Crippen LogP contribution in [0.1, 0.15) is 76.3 Å². The highest BCUT2D eigenvalue weighted by Crippen LogP contribution is 2.54. The van der Waals surface area contributed by atoms with Gasteiger partial charge in [0.25, 0.3) is 0 Å². The number of nitrogens with zero attached hydrogens (tertiary/aromatic N) is 1. The molecule has 10 rings (SSSR count). The fourth-order valence-electron chi connectivity index (χ4n) is 9.91. The quantitative estimate of drug-likeness (QED) is 0.170. The molecule has 0 unspecified atom stereocenters. The van der Waals surface area contributed by atoms with Crippen LogP contribution in [-0.2, 0) is 16.2 Å². The number of hydrogen-bond acceptors (Lipinski definition) is 1. The van der Waals surface area contributed by atoms with Crippen LogP contribution in [0.4, 0.5) is 17.1 Å². The summed E-state index contributed by atoms with van der Waals surface area (Å²) >= 11 is 0. The van der Waals surface area contributed by atoms with Crippen LogP contribution < -0.4 is 4.90 Å². The van der Waals surface area contributed by atoms with Crippen LogP contribution in [0.5, 0.6) is 0 Å². The van der Waals surface area contributed by atoms with E-state index in [1.165, 1.54) is 83.1 Å². The second-order valence-electron chi connectivity index (χ2n) is 18.2. The van der Waals surface area contributed by atoms with Crippen LogP contribution in [0.3, 0.4) is 0 Å². The fourth-order valence-corrected chi connectivity index (χ4v) is 9.91. The predicted molar refractivity (Wildman–Crippen MR) is 243 cm³/mol. The van der Waals surface area contributed by atoms with Gasteiger partial charge in [-0.1, -0.05) is 182 Å². The van der Waals surface area contributed by atoms with Crippen molar-refractivity contribution in [3.05, 3.63) is 198 Å². The van der Waals surface area contributed by atoms with Gasteiger partial charge in [0.2, 0.25) is 0 Å². The van der Waals surface area contributed by atoms with Gasteiger partial charge in [-0.15, -0.1) is 0 Å². The highest BCUT2D eigenvalue weighted by molar-refractivity contribution is 6.07. The topological polar surface area (TPSA) is 3.24 Å². The van der Waals surface area contributed by atoms with Crippen molar-refractivity contribution in [1.82, 2.24) is 0 Å². The molecule has 2 aliphatic carbocycles. The Hall–Kier alpha value is -6.18. The van der Waals surface area contributed by atoms with Crippen molar-refractivity contribution >= 4 is 27.8 Å². The molecular weight excluding hydrogens is 687 g/mol. The lowest BCUT2D eigenvalue weighted by Gasteiger charge is -2.32. The van der Waals surface area contributed by atoms with E-state index in [9.17, 15) is 0 Å². The first kappa shape index (κ1) is 35.2. The van der Waals surface area contributed by atoms with E-state index < -0.39 is 0 Å². The standard InChI is InChI=1S/C56H49N/c1-54(2,3)39-27-32-51(45(34-39)36-17-9-8-10-18-36)57(40-28-30-49-46(35-40)43-22-14-16-24-48(43)55(49,4)5)52-31-26-37-19-11-12-20-41(37)53(52)38-25-29-44-42-21-13-15-23-47(42)56(6,7)50(44)33-38/h8-35H,1-7H3. The van der Waals surface area contributed by atoms with Crippen LogP contribution in [0.25, 0.3) is 55.3 Å². The number of hydrogen-bond donors (Lipinski definition) is 0. The van der Waals surface area contributed by atoms with Gasteiger partial charge >= 0.3 is 0 Å². The molecule has 1 nitrogen and oxygen atoms in total. The van der Waals surface area contributed by atoms with Gasteiger partial charge in [-0.25, -0.2) is 0 Å². The van der Waals surface area contributed by atoms with Crippen LogP contribution in [0.15, 0.2) is 170 Å². The average Bonchev–Trinajstić information content (AvgIpc) is 3.60. The minimum absolute atomic E-state index is 0.0152. The van der Waals surface area contributed by atoms with Crippen molar-refractivity contribution in [2.24, 2.45) is 0 Å². The molecule has 8 aromatic rings. The minimum atomic E-state index is -0.115. The van der Waals surface area contributed by atoms with Crippen LogP contribution in [0.2, 0.25) is 0 Å². The Balaban J connectivity index is 1.29. The van der Waals surface area contributed by atoms with E-state index >= 15 is 0 Å². The molecule has 0 fully saturated rings. The fraction of sp³-hybridized carbons (Fsp3) is 0.179. The lowest BCUT2D eigenvalue weighted by Crippen LogP contribution is -2.17. The number of fused-ring (bicyclic) bond motifs is 7. The molecule has 0 atom stereocenters. The van der Waals surface area contributed by atoms with Crippen molar-refractivity contribution in [2.75, 3.05) is 4.90 Å². The summed E-state index contributed by atoms with van der Waals surface area (Å²) in [5.74, 6) is 0. The smallest absolute Gasteiger partial charge is 0.0546 e. The highest BCUT2D eigenvalue weighted by atomic mass is 15.1. The molecule has 0 N–H and O–H groups in total. The number of benzene rings is 8. The zero-order valence-corrected chi connectivity index (χ0v) is 34.1.